The average Bonchev–Trinajstić information content (AvgIpc) is 2.19. The highest BCUT2D eigenvalue weighted by molar-refractivity contribution is 5.83. The lowest BCUT2D eigenvalue weighted by atomic mass is 10.0. The molecule has 74 valence electrons. The van der Waals surface area contributed by atoms with Crippen molar-refractivity contribution >= 4 is 5.97 Å². The number of carbonyl (C=O) groups is 1. The van der Waals surface area contributed by atoms with E-state index in [2.05, 4.69) is 6.58 Å². The van der Waals surface area contributed by atoms with Gasteiger partial charge in [-0.1, -0.05) is 37.0 Å². The Morgan fingerprint density at radius 3 is 3.07 bits per heavy atom. The van der Waals surface area contributed by atoms with Crippen LogP contribution in [0, 0.1) is 0 Å². The topological polar surface area (TPSA) is 26.3 Å². The number of carbonyl (C=O) groups excluding carboxylic acids is 1. The molecule has 0 fully saturated rings. The van der Waals surface area contributed by atoms with Crippen LogP contribution in [0.15, 0.2) is 48.6 Å². The fraction of sp³-hybridized carbons (Fsp3) is 0.250. The van der Waals surface area contributed by atoms with Crippen molar-refractivity contribution < 1.29 is 9.53 Å². The van der Waals surface area contributed by atoms with E-state index >= 15 is 0 Å². The molecule has 14 heavy (non-hydrogen) atoms. The fourth-order valence-corrected chi connectivity index (χ4v) is 1.29. The van der Waals surface area contributed by atoms with Crippen LogP contribution in [0.3, 0.4) is 0 Å². The maximum Gasteiger partial charge on any atom is 0.331 e. The Bertz CT molecular complexity index is 308. The van der Waals surface area contributed by atoms with Gasteiger partial charge in [-0.2, -0.15) is 0 Å². The molecule has 0 bridgehead atoms. The van der Waals surface area contributed by atoms with Crippen molar-refractivity contribution in [2.45, 2.75) is 19.4 Å². The molecular formula is C12H14O2. The molecule has 0 aliphatic carbocycles. The molecule has 0 aromatic carbocycles. The molecule has 0 radical (unpaired) electrons. The lowest BCUT2D eigenvalue weighted by Crippen LogP contribution is -2.21. The van der Waals surface area contributed by atoms with Gasteiger partial charge in [-0.3, -0.25) is 0 Å². The van der Waals surface area contributed by atoms with E-state index < -0.39 is 0 Å². The van der Waals surface area contributed by atoms with Crippen LogP contribution in [0.4, 0.5) is 0 Å². The molecule has 0 N–H and O–H groups in total. The Labute approximate surface area is 84.3 Å². The molecule has 1 aliphatic rings. The normalized spacial score (nSPS) is 22.5. The molecule has 1 unspecified atom stereocenters. The van der Waals surface area contributed by atoms with Gasteiger partial charge in [-0.15, -0.1) is 0 Å². The highest BCUT2D eigenvalue weighted by Gasteiger charge is 2.17. The minimum absolute atomic E-state index is 0.145. The summed E-state index contributed by atoms with van der Waals surface area (Å²) in [5, 5.41) is 0. The van der Waals surface area contributed by atoms with Crippen LogP contribution in [-0.4, -0.2) is 12.1 Å². The third kappa shape index (κ3) is 2.73. The fourth-order valence-electron chi connectivity index (χ4n) is 1.29. The molecule has 0 saturated carbocycles. The summed E-state index contributed by atoms with van der Waals surface area (Å²) in [5.41, 5.74) is 1.00. The third-order valence-corrected chi connectivity index (χ3v) is 1.99. The summed E-state index contributed by atoms with van der Waals surface area (Å²) < 4.78 is 5.16. The summed E-state index contributed by atoms with van der Waals surface area (Å²) in [6.45, 7) is 5.52. The first-order chi connectivity index (χ1) is 6.77. The Morgan fingerprint density at radius 1 is 1.71 bits per heavy atom. The van der Waals surface area contributed by atoms with Crippen LogP contribution in [0.2, 0.25) is 0 Å². The van der Waals surface area contributed by atoms with E-state index in [9.17, 15) is 4.79 Å². The molecule has 2 heteroatoms. The number of allylic oxidation sites excluding steroid dienone is 3. The van der Waals surface area contributed by atoms with Gasteiger partial charge in [0.15, 0.2) is 0 Å². The summed E-state index contributed by atoms with van der Waals surface area (Å²) in [7, 11) is 0. The zero-order chi connectivity index (χ0) is 10.4. The molecule has 1 aliphatic heterocycles. The molecule has 2 nitrogen and oxygen atoms in total. The minimum Gasteiger partial charge on any atom is -0.454 e. The van der Waals surface area contributed by atoms with Crippen molar-refractivity contribution in [3.8, 4) is 0 Å². The van der Waals surface area contributed by atoms with Crippen LogP contribution >= 0.6 is 0 Å². The van der Waals surface area contributed by atoms with Gasteiger partial charge in [-0.05, 0) is 12.5 Å². The van der Waals surface area contributed by atoms with Crippen molar-refractivity contribution in [3.05, 3.63) is 48.6 Å². The monoisotopic (exact) mass is 190 g/mol. The van der Waals surface area contributed by atoms with E-state index in [0.717, 1.165) is 12.0 Å². The minimum atomic E-state index is -0.271. The Kier molecular flexibility index (Phi) is 3.92. The zero-order valence-electron chi connectivity index (χ0n) is 8.27. The second-order valence-corrected chi connectivity index (χ2v) is 2.95. The molecule has 0 aromatic rings. The Morgan fingerprint density at radius 2 is 2.50 bits per heavy atom. The number of rotatable bonds is 3. The third-order valence-electron chi connectivity index (χ3n) is 1.99. The summed E-state index contributed by atoms with van der Waals surface area (Å²) in [5.74, 6) is -0.271. The van der Waals surface area contributed by atoms with Gasteiger partial charge in [0.1, 0.15) is 6.10 Å². The van der Waals surface area contributed by atoms with Crippen LogP contribution in [-0.2, 0) is 9.53 Å². The maximum atomic E-state index is 11.0. The second-order valence-electron chi connectivity index (χ2n) is 2.95. The molecular weight excluding hydrogens is 176 g/mol. The lowest BCUT2D eigenvalue weighted by Gasteiger charge is -2.19. The van der Waals surface area contributed by atoms with E-state index in [4.69, 9.17) is 4.74 Å². The molecule has 1 heterocycles. The van der Waals surface area contributed by atoms with Crippen molar-refractivity contribution in [2.75, 3.05) is 0 Å². The van der Waals surface area contributed by atoms with Crippen LogP contribution in [0.25, 0.3) is 0 Å². The van der Waals surface area contributed by atoms with E-state index in [1.165, 1.54) is 6.08 Å². The van der Waals surface area contributed by atoms with Crippen LogP contribution in [0.5, 0.6) is 0 Å². The van der Waals surface area contributed by atoms with Gasteiger partial charge in [0.2, 0.25) is 0 Å². The van der Waals surface area contributed by atoms with E-state index in [1.807, 2.05) is 31.2 Å². The molecule has 1 atom stereocenters. The maximum absolute atomic E-state index is 11.0. The summed E-state index contributed by atoms with van der Waals surface area (Å²) in [6.07, 6.45) is 11.3. The van der Waals surface area contributed by atoms with Gasteiger partial charge in [0.25, 0.3) is 0 Å². The number of hydrogen-bond acceptors (Lipinski definition) is 2. The number of cyclic esters (lactones) is 1. The summed E-state index contributed by atoms with van der Waals surface area (Å²) in [4.78, 5) is 11.0. The van der Waals surface area contributed by atoms with Gasteiger partial charge < -0.3 is 4.74 Å². The second kappa shape index (κ2) is 5.22. The van der Waals surface area contributed by atoms with Crippen LogP contribution < -0.4 is 0 Å². The largest absolute Gasteiger partial charge is 0.454 e. The summed E-state index contributed by atoms with van der Waals surface area (Å²) >= 11 is 0. The van der Waals surface area contributed by atoms with Crippen molar-refractivity contribution in [1.82, 2.24) is 0 Å². The van der Waals surface area contributed by atoms with Crippen molar-refractivity contribution in [1.29, 1.82) is 0 Å². The van der Waals surface area contributed by atoms with Crippen LogP contribution in [0.1, 0.15) is 13.3 Å². The Hall–Kier alpha value is -1.57. The highest BCUT2D eigenvalue weighted by Crippen LogP contribution is 2.17. The molecule has 0 amide bonds. The predicted octanol–water partition coefficient (Wildman–Crippen LogP) is 2.55. The first kappa shape index (κ1) is 10.5. The standard InChI is InChI=1S/C12H14O2/c1-3-5-7-10(4-2)11-8-6-9-12(13)14-11/h3-7,9,11H,1,8H2,2H3. The van der Waals surface area contributed by atoms with E-state index in [1.54, 1.807) is 6.08 Å². The number of hydrogen-bond donors (Lipinski definition) is 0. The van der Waals surface area contributed by atoms with Crippen molar-refractivity contribution in [2.24, 2.45) is 0 Å². The van der Waals surface area contributed by atoms with Gasteiger partial charge in [0, 0.05) is 12.5 Å². The zero-order valence-corrected chi connectivity index (χ0v) is 8.27. The first-order valence-electron chi connectivity index (χ1n) is 4.60. The van der Waals surface area contributed by atoms with E-state index in [-0.39, 0.29) is 12.1 Å². The SMILES string of the molecule is C=CC=CC(=CC)C1CC=CC(=O)O1. The number of esters is 1. The molecule has 0 aromatic heterocycles. The first-order valence-corrected chi connectivity index (χ1v) is 4.60. The number of ether oxygens (including phenoxy) is 1. The molecule has 0 saturated heterocycles. The van der Waals surface area contributed by atoms with Crippen molar-refractivity contribution in [3.63, 3.8) is 0 Å². The molecule has 0 spiro atoms. The van der Waals surface area contributed by atoms with Gasteiger partial charge in [0.05, 0.1) is 0 Å². The molecule has 1 rings (SSSR count). The van der Waals surface area contributed by atoms with Gasteiger partial charge >= 0.3 is 5.97 Å². The van der Waals surface area contributed by atoms with E-state index in [0.29, 0.717) is 0 Å². The highest BCUT2D eigenvalue weighted by atomic mass is 16.5. The lowest BCUT2D eigenvalue weighted by molar-refractivity contribution is -0.142. The van der Waals surface area contributed by atoms with Gasteiger partial charge in [-0.25, -0.2) is 4.79 Å². The predicted molar refractivity (Wildman–Crippen MR) is 56.7 cm³/mol. The quantitative estimate of drug-likeness (QED) is 0.505. The summed E-state index contributed by atoms with van der Waals surface area (Å²) in [6, 6.07) is 0. The smallest absolute Gasteiger partial charge is 0.331 e. The average molecular weight is 190 g/mol. The Balaban J connectivity index is 2.71.